The fourth-order valence-corrected chi connectivity index (χ4v) is 3.68. The molecule has 0 aliphatic carbocycles. The molecule has 194 valence electrons. The number of esters is 1. The zero-order chi connectivity index (χ0) is 26.1. The smallest absolute Gasteiger partial charge is 0.303 e. The number of carbonyl (C=O) groups excluding carboxylic acids is 3. The van der Waals surface area contributed by atoms with Crippen molar-refractivity contribution in [1.82, 2.24) is 10.9 Å². The topological polar surface area (TPSA) is 115 Å². The Hall–Kier alpha value is -3.57. The van der Waals surface area contributed by atoms with Crippen LogP contribution in [0.25, 0.3) is 0 Å². The molecule has 1 heterocycles. The van der Waals surface area contributed by atoms with Crippen LogP contribution in [0.2, 0.25) is 5.02 Å². The molecule has 0 saturated carbocycles. The fourth-order valence-electron chi connectivity index (χ4n) is 3.51. The van der Waals surface area contributed by atoms with Gasteiger partial charge in [0, 0.05) is 57.8 Å². The van der Waals surface area contributed by atoms with E-state index in [9.17, 15) is 18.8 Å². The van der Waals surface area contributed by atoms with Gasteiger partial charge in [0.1, 0.15) is 23.4 Å². The molecule has 2 aromatic carbocycles. The maximum absolute atomic E-state index is 13.5. The standard InChI is InChI=1S/C24H27ClFN3O7/c1-15(30)34-13-23(31)27-28-24(32)19-5-4-17(12-21(19)35-14-33-2)29-9-7-18(8-10-29)36-22-11-16(26)3-6-20(22)25/h3-6,11-12,18H,7-10,13-14H2,1-2H3,(H,27,31)(H,28,32). The van der Waals surface area contributed by atoms with Crippen LogP contribution in [0.4, 0.5) is 10.1 Å². The van der Waals surface area contributed by atoms with Crippen molar-refractivity contribution in [2.75, 3.05) is 38.5 Å². The zero-order valence-electron chi connectivity index (χ0n) is 19.8. The molecule has 2 aromatic rings. The maximum atomic E-state index is 13.5. The molecule has 1 aliphatic heterocycles. The summed E-state index contributed by atoms with van der Waals surface area (Å²) < 4.78 is 34.5. The van der Waals surface area contributed by atoms with E-state index in [1.807, 2.05) is 0 Å². The van der Waals surface area contributed by atoms with E-state index in [-0.39, 0.29) is 24.2 Å². The lowest BCUT2D eigenvalue weighted by Gasteiger charge is -2.34. The van der Waals surface area contributed by atoms with E-state index in [1.165, 1.54) is 32.2 Å². The van der Waals surface area contributed by atoms with Gasteiger partial charge in [-0.05, 0) is 24.3 Å². The third kappa shape index (κ3) is 7.72. The molecule has 0 spiro atoms. The number of amides is 2. The first-order chi connectivity index (χ1) is 17.3. The monoisotopic (exact) mass is 523 g/mol. The van der Waals surface area contributed by atoms with Gasteiger partial charge in [-0.1, -0.05) is 11.6 Å². The number of hydrazine groups is 1. The highest BCUT2D eigenvalue weighted by atomic mass is 35.5. The van der Waals surface area contributed by atoms with Crippen LogP contribution in [0.1, 0.15) is 30.1 Å². The Morgan fingerprint density at radius 3 is 2.53 bits per heavy atom. The van der Waals surface area contributed by atoms with Gasteiger partial charge in [-0.25, -0.2) is 4.39 Å². The molecular weight excluding hydrogens is 497 g/mol. The Morgan fingerprint density at radius 1 is 1.08 bits per heavy atom. The summed E-state index contributed by atoms with van der Waals surface area (Å²) in [5, 5.41) is 0.357. The summed E-state index contributed by atoms with van der Waals surface area (Å²) in [5.41, 5.74) is 5.41. The van der Waals surface area contributed by atoms with Gasteiger partial charge in [0.05, 0.1) is 10.6 Å². The molecule has 0 aromatic heterocycles. The number of benzene rings is 2. The Balaban J connectivity index is 1.62. The highest BCUT2D eigenvalue weighted by Crippen LogP contribution is 2.31. The molecule has 0 radical (unpaired) electrons. The third-order valence-corrected chi connectivity index (χ3v) is 5.57. The van der Waals surface area contributed by atoms with Crippen LogP contribution < -0.4 is 25.2 Å². The number of hydrogen-bond donors (Lipinski definition) is 2. The molecule has 2 amide bonds. The fraction of sp³-hybridized carbons (Fsp3) is 0.375. The lowest BCUT2D eigenvalue weighted by Crippen LogP contribution is -2.43. The number of nitrogens with zero attached hydrogens (tertiary/aromatic N) is 1. The molecule has 10 nitrogen and oxygen atoms in total. The number of rotatable bonds is 9. The zero-order valence-corrected chi connectivity index (χ0v) is 20.6. The molecule has 0 unspecified atom stereocenters. The predicted molar refractivity (Wildman–Crippen MR) is 128 cm³/mol. The lowest BCUT2D eigenvalue weighted by molar-refractivity contribution is -0.146. The summed E-state index contributed by atoms with van der Waals surface area (Å²) >= 11 is 6.11. The first kappa shape index (κ1) is 27.0. The molecule has 12 heteroatoms. The van der Waals surface area contributed by atoms with Crippen LogP contribution >= 0.6 is 11.6 Å². The first-order valence-electron chi connectivity index (χ1n) is 11.1. The second-order valence-corrected chi connectivity index (χ2v) is 8.30. The van der Waals surface area contributed by atoms with Crippen molar-refractivity contribution >= 4 is 35.1 Å². The van der Waals surface area contributed by atoms with Crippen molar-refractivity contribution in [3.63, 3.8) is 0 Å². The first-order valence-corrected chi connectivity index (χ1v) is 11.5. The second kappa shape index (κ2) is 12.9. The number of halogens is 2. The van der Waals surface area contributed by atoms with Crippen molar-refractivity contribution < 1.29 is 37.7 Å². The van der Waals surface area contributed by atoms with Gasteiger partial charge in [0.15, 0.2) is 13.4 Å². The average molecular weight is 524 g/mol. The summed E-state index contributed by atoms with van der Waals surface area (Å²) in [6, 6.07) is 9.06. The summed E-state index contributed by atoms with van der Waals surface area (Å²) in [7, 11) is 1.45. The van der Waals surface area contributed by atoms with Gasteiger partial charge in [-0.2, -0.15) is 0 Å². The molecule has 1 saturated heterocycles. The van der Waals surface area contributed by atoms with Gasteiger partial charge >= 0.3 is 5.97 Å². The minimum atomic E-state index is -0.695. The third-order valence-electron chi connectivity index (χ3n) is 5.26. The Labute approximate surface area is 212 Å². The largest absolute Gasteiger partial charge is 0.489 e. The Bertz CT molecular complexity index is 1090. The lowest BCUT2D eigenvalue weighted by atomic mass is 10.1. The molecule has 36 heavy (non-hydrogen) atoms. The minimum Gasteiger partial charge on any atom is -0.489 e. The van der Waals surface area contributed by atoms with Crippen LogP contribution in [0.15, 0.2) is 36.4 Å². The number of methoxy groups -OCH3 is 1. The highest BCUT2D eigenvalue weighted by Gasteiger charge is 2.23. The van der Waals surface area contributed by atoms with Gasteiger partial charge in [0.2, 0.25) is 0 Å². The van der Waals surface area contributed by atoms with E-state index in [1.54, 1.807) is 18.2 Å². The molecule has 2 N–H and O–H groups in total. The van der Waals surface area contributed by atoms with Crippen molar-refractivity contribution in [2.45, 2.75) is 25.9 Å². The second-order valence-electron chi connectivity index (χ2n) is 7.89. The van der Waals surface area contributed by atoms with E-state index in [0.717, 1.165) is 5.69 Å². The average Bonchev–Trinajstić information content (AvgIpc) is 2.87. The summed E-state index contributed by atoms with van der Waals surface area (Å²) in [6.07, 6.45) is 1.24. The molecule has 0 bridgehead atoms. The molecule has 3 rings (SSSR count). The van der Waals surface area contributed by atoms with E-state index < -0.39 is 30.2 Å². The Kier molecular flexibility index (Phi) is 9.71. The van der Waals surface area contributed by atoms with Gasteiger partial charge in [0.25, 0.3) is 11.8 Å². The van der Waals surface area contributed by atoms with Crippen molar-refractivity contribution in [3.05, 3.63) is 52.8 Å². The maximum Gasteiger partial charge on any atom is 0.303 e. The van der Waals surface area contributed by atoms with Crippen LogP contribution in [0, 0.1) is 5.82 Å². The predicted octanol–water partition coefficient (Wildman–Crippen LogP) is 2.83. The molecular formula is C24H27ClFN3O7. The van der Waals surface area contributed by atoms with Gasteiger partial charge in [-0.15, -0.1) is 0 Å². The number of hydrogen-bond acceptors (Lipinski definition) is 8. The van der Waals surface area contributed by atoms with Crippen LogP contribution in [0.5, 0.6) is 11.5 Å². The number of carbonyl (C=O) groups is 3. The van der Waals surface area contributed by atoms with E-state index in [4.69, 9.17) is 25.8 Å². The molecule has 1 fully saturated rings. The highest BCUT2D eigenvalue weighted by molar-refractivity contribution is 6.32. The van der Waals surface area contributed by atoms with Crippen LogP contribution in [0.3, 0.4) is 0 Å². The minimum absolute atomic E-state index is 0.0904. The Morgan fingerprint density at radius 2 is 1.83 bits per heavy atom. The van der Waals surface area contributed by atoms with Crippen LogP contribution in [-0.4, -0.2) is 57.5 Å². The number of anilines is 1. The molecule has 1 aliphatic rings. The summed E-state index contributed by atoms with van der Waals surface area (Å²) in [6.45, 7) is 1.86. The van der Waals surface area contributed by atoms with Crippen molar-refractivity contribution in [1.29, 1.82) is 0 Å². The van der Waals surface area contributed by atoms with E-state index >= 15 is 0 Å². The molecule has 0 atom stereocenters. The van der Waals surface area contributed by atoms with Crippen molar-refractivity contribution in [2.24, 2.45) is 0 Å². The van der Waals surface area contributed by atoms with Crippen molar-refractivity contribution in [3.8, 4) is 11.5 Å². The van der Waals surface area contributed by atoms with Gasteiger partial charge < -0.3 is 23.8 Å². The summed E-state index contributed by atoms with van der Waals surface area (Å²) in [4.78, 5) is 37.2. The number of ether oxygens (including phenoxy) is 4. The SMILES string of the molecule is COCOc1cc(N2CCC(Oc3cc(F)ccc3Cl)CC2)ccc1C(=O)NNC(=O)COC(C)=O. The quantitative estimate of drug-likeness (QED) is 0.293. The normalized spacial score (nSPS) is 13.6. The number of piperidine rings is 1. The van der Waals surface area contributed by atoms with Gasteiger partial charge in [-0.3, -0.25) is 25.2 Å². The summed E-state index contributed by atoms with van der Waals surface area (Å²) in [5.74, 6) is -1.77. The van der Waals surface area contributed by atoms with E-state index in [2.05, 4.69) is 20.5 Å². The van der Waals surface area contributed by atoms with E-state index in [0.29, 0.717) is 36.7 Å². The number of nitrogens with one attached hydrogen (secondary N) is 2. The van der Waals surface area contributed by atoms with Crippen LogP contribution in [-0.2, 0) is 19.1 Å².